The summed E-state index contributed by atoms with van der Waals surface area (Å²) in [5, 5.41) is 3.34. The van der Waals surface area contributed by atoms with Crippen LogP contribution in [0.15, 0.2) is 10.5 Å². The monoisotopic (exact) mass is 351 g/mol. The first-order chi connectivity index (χ1) is 9.60. The van der Waals surface area contributed by atoms with E-state index < -0.39 is 0 Å². The summed E-state index contributed by atoms with van der Waals surface area (Å²) in [5.74, 6) is 2.37. The number of nitrogens with zero attached hydrogens (tertiary/aromatic N) is 2. The van der Waals surface area contributed by atoms with Crippen LogP contribution >= 0.6 is 27.3 Å². The van der Waals surface area contributed by atoms with Crippen LogP contribution in [0.2, 0.25) is 0 Å². The molecule has 0 bridgehead atoms. The molecular weight excluding hydrogens is 334 g/mol. The molecule has 3 nitrogen and oxygen atoms in total. The van der Waals surface area contributed by atoms with Gasteiger partial charge in [-0.3, -0.25) is 0 Å². The summed E-state index contributed by atoms with van der Waals surface area (Å²) in [4.78, 5) is 12.1. The topological polar surface area (TPSA) is 37.8 Å². The van der Waals surface area contributed by atoms with Gasteiger partial charge < -0.3 is 5.32 Å². The molecule has 20 heavy (non-hydrogen) atoms. The van der Waals surface area contributed by atoms with Gasteiger partial charge in [-0.1, -0.05) is 0 Å². The quantitative estimate of drug-likeness (QED) is 0.851. The number of nitrogens with one attached hydrogen (secondary N) is 1. The van der Waals surface area contributed by atoms with Gasteiger partial charge >= 0.3 is 0 Å². The second-order valence-corrected chi connectivity index (χ2v) is 7.48. The third-order valence-electron chi connectivity index (χ3n) is 3.47. The largest absolute Gasteiger partial charge is 0.369 e. The van der Waals surface area contributed by atoms with Crippen LogP contribution in [0.1, 0.15) is 41.1 Å². The Morgan fingerprint density at radius 2 is 2.10 bits per heavy atom. The van der Waals surface area contributed by atoms with E-state index in [0.29, 0.717) is 5.92 Å². The van der Waals surface area contributed by atoms with Crippen molar-refractivity contribution in [2.24, 2.45) is 0 Å². The van der Waals surface area contributed by atoms with Crippen molar-refractivity contribution in [3.63, 3.8) is 0 Å². The second-order valence-electron chi connectivity index (χ2n) is 5.23. The van der Waals surface area contributed by atoms with Crippen LogP contribution < -0.4 is 5.32 Å². The van der Waals surface area contributed by atoms with Crippen molar-refractivity contribution in [1.82, 2.24) is 9.97 Å². The number of hydrogen-bond acceptors (Lipinski definition) is 4. The van der Waals surface area contributed by atoms with E-state index in [1.807, 2.05) is 0 Å². The minimum absolute atomic E-state index is 0.601. The maximum atomic E-state index is 4.83. The van der Waals surface area contributed by atoms with Gasteiger partial charge in [0.25, 0.3) is 0 Å². The van der Waals surface area contributed by atoms with Crippen molar-refractivity contribution in [2.75, 3.05) is 11.9 Å². The highest BCUT2D eigenvalue weighted by Crippen LogP contribution is 2.44. The third-order valence-corrected chi connectivity index (χ3v) is 5.21. The molecule has 106 valence electrons. The Kier molecular flexibility index (Phi) is 3.82. The second kappa shape index (κ2) is 5.45. The Morgan fingerprint density at radius 1 is 1.35 bits per heavy atom. The van der Waals surface area contributed by atoms with E-state index in [0.717, 1.165) is 28.4 Å². The first-order valence-electron chi connectivity index (χ1n) is 6.98. The van der Waals surface area contributed by atoms with Crippen LogP contribution in [0.25, 0.3) is 11.4 Å². The first kappa shape index (κ1) is 14.0. The Labute approximate surface area is 132 Å². The molecule has 0 aliphatic heterocycles. The molecule has 0 saturated heterocycles. The predicted molar refractivity (Wildman–Crippen MR) is 88.7 cm³/mol. The van der Waals surface area contributed by atoms with Crippen LogP contribution in [-0.4, -0.2) is 16.5 Å². The van der Waals surface area contributed by atoms with Gasteiger partial charge in [-0.25, -0.2) is 9.97 Å². The third kappa shape index (κ3) is 2.61. The summed E-state index contributed by atoms with van der Waals surface area (Å²) < 4.78 is 1.04. The van der Waals surface area contributed by atoms with E-state index >= 15 is 0 Å². The molecule has 1 N–H and O–H groups in total. The van der Waals surface area contributed by atoms with Crippen LogP contribution in [-0.2, 0) is 0 Å². The van der Waals surface area contributed by atoms with Gasteiger partial charge in [0, 0.05) is 27.8 Å². The Bertz CT molecular complexity index is 647. The number of thiophene rings is 1. The lowest BCUT2D eigenvalue weighted by molar-refractivity contribution is 0.973. The number of hydrogen-bond donors (Lipinski definition) is 1. The van der Waals surface area contributed by atoms with E-state index in [4.69, 9.17) is 9.97 Å². The van der Waals surface area contributed by atoms with E-state index in [9.17, 15) is 0 Å². The van der Waals surface area contributed by atoms with Crippen molar-refractivity contribution < 1.29 is 0 Å². The number of anilines is 1. The molecule has 2 aromatic rings. The molecule has 1 aliphatic rings. The molecule has 0 unspecified atom stereocenters. The summed E-state index contributed by atoms with van der Waals surface area (Å²) in [6.45, 7) is 7.22. The standard InChI is InChI=1S/C15H18BrN3S/c1-4-17-15-12(16)13(10-5-6-10)18-14(19-15)11-7-8(2)20-9(11)3/h7,10H,4-6H2,1-3H3,(H,17,18,19). The lowest BCUT2D eigenvalue weighted by Crippen LogP contribution is -2.05. The Balaban J connectivity index is 2.12. The fourth-order valence-corrected chi connectivity index (χ4v) is 3.91. The smallest absolute Gasteiger partial charge is 0.162 e. The molecule has 0 radical (unpaired) electrons. The average Bonchev–Trinajstić information content (AvgIpc) is 3.18. The zero-order valence-corrected chi connectivity index (χ0v) is 14.4. The molecular formula is C15H18BrN3S. The summed E-state index contributed by atoms with van der Waals surface area (Å²) in [6, 6.07) is 2.19. The first-order valence-corrected chi connectivity index (χ1v) is 8.59. The van der Waals surface area contributed by atoms with Gasteiger partial charge in [0.05, 0.1) is 10.2 Å². The van der Waals surface area contributed by atoms with Gasteiger partial charge in [0.1, 0.15) is 5.82 Å². The SMILES string of the molecule is CCNc1nc(-c2cc(C)sc2C)nc(C2CC2)c1Br. The van der Waals surface area contributed by atoms with Crippen molar-refractivity contribution in [2.45, 2.75) is 39.5 Å². The van der Waals surface area contributed by atoms with Crippen LogP contribution in [0, 0.1) is 13.8 Å². The molecule has 2 heterocycles. The minimum Gasteiger partial charge on any atom is -0.369 e. The maximum Gasteiger partial charge on any atom is 0.162 e. The molecule has 0 amide bonds. The fraction of sp³-hybridized carbons (Fsp3) is 0.467. The summed E-state index contributed by atoms with van der Waals surface area (Å²) in [6.07, 6.45) is 2.48. The molecule has 0 atom stereocenters. The highest BCUT2D eigenvalue weighted by Gasteiger charge is 2.29. The fourth-order valence-electron chi connectivity index (χ4n) is 2.35. The number of halogens is 1. The lowest BCUT2D eigenvalue weighted by Gasteiger charge is -2.11. The minimum atomic E-state index is 0.601. The number of rotatable bonds is 4. The molecule has 2 aromatic heterocycles. The van der Waals surface area contributed by atoms with Gasteiger partial charge in [-0.2, -0.15) is 0 Å². The number of aromatic nitrogens is 2. The Hall–Kier alpha value is -0.940. The predicted octanol–water partition coefficient (Wildman–Crippen LogP) is 4.89. The molecule has 1 fully saturated rings. The highest BCUT2D eigenvalue weighted by atomic mass is 79.9. The van der Waals surface area contributed by atoms with E-state index in [2.05, 4.69) is 48.1 Å². The highest BCUT2D eigenvalue weighted by molar-refractivity contribution is 9.10. The summed E-state index contributed by atoms with van der Waals surface area (Å²) >= 11 is 5.47. The summed E-state index contributed by atoms with van der Waals surface area (Å²) in [7, 11) is 0. The average molecular weight is 352 g/mol. The zero-order valence-electron chi connectivity index (χ0n) is 12.0. The molecule has 5 heteroatoms. The van der Waals surface area contributed by atoms with E-state index in [-0.39, 0.29) is 0 Å². The van der Waals surface area contributed by atoms with Crippen LogP contribution in [0.5, 0.6) is 0 Å². The van der Waals surface area contributed by atoms with Crippen LogP contribution in [0.3, 0.4) is 0 Å². The zero-order chi connectivity index (χ0) is 14.3. The van der Waals surface area contributed by atoms with Crippen molar-refractivity contribution in [1.29, 1.82) is 0 Å². The van der Waals surface area contributed by atoms with Crippen molar-refractivity contribution in [3.05, 3.63) is 26.0 Å². The molecule has 1 aliphatic carbocycles. The number of aryl methyl sites for hydroxylation is 2. The van der Waals surface area contributed by atoms with Crippen LogP contribution in [0.4, 0.5) is 5.82 Å². The van der Waals surface area contributed by atoms with E-state index in [1.54, 1.807) is 11.3 Å². The van der Waals surface area contributed by atoms with Gasteiger partial charge in [-0.05, 0) is 55.6 Å². The van der Waals surface area contributed by atoms with Crippen molar-refractivity contribution in [3.8, 4) is 11.4 Å². The van der Waals surface area contributed by atoms with Crippen molar-refractivity contribution >= 4 is 33.1 Å². The van der Waals surface area contributed by atoms with E-state index in [1.165, 1.54) is 28.2 Å². The molecule has 1 saturated carbocycles. The van der Waals surface area contributed by atoms with Gasteiger partial charge in [0.2, 0.25) is 0 Å². The molecule has 0 spiro atoms. The summed E-state index contributed by atoms with van der Waals surface area (Å²) in [5.41, 5.74) is 2.33. The lowest BCUT2D eigenvalue weighted by atomic mass is 10.2. The normalized spacial score (nSPS) is 14.6. The molecule has 0 aromatic carbocycles. The van der Waals surface area contributed by atoms with Gasteiger partial charge in [0.15, 0.2) is 5.82 Å². The molecule has 3 rings (SSSR count). The van der Waals surface area contributed by atoms with Gasteiger partial charge in [-0.15, -0.1) is 11.3 Å². The maximum absolute atomic E-state index is 4.83. The Morgan fingerprint density at radius 3 is 2.65 bits per heavy atom.